The van der Waals surface area contributed by atoms with Crippen LogP contribution >= 0.6 is 0 Å². The van der Waals surface area contributed by atoms with E-state index in [0.29, 0.717) is 25.1 Å². The number of nitrogens with one attached hydrogen (secondary N) is 1. The Kier molecular flexibility index (Phi) is 8.00. The predicted octanol–water partition coefficient (Wildman–Crippen LogP) is 3.02. The molecule has 1 aromatic carbocycles. The Morgan fingerprint density at radius 1 is 1.03 bits per heavy atom. The van der Waals surface area contributed by atoms with Gasteiger partial charge in [-0.2, -0.15) is 0 Å². The van der Waals surface area contributed by atoms with Crippen molar-refractivity contribution in [3.63, 3.8) is 0 Å². The van der Waals surface area contributed by atoms with Gasteiger partial charge in [-0.05, 0) is 52.3 Å². The van der Waals surface area contributed by atoms with Crippen LogP contribution in [0.1, 0.15) is 47.1 Å². The van der Waals surface area contributed by atoms with Crippen molar-refractivity contribution >= 4 is 17.8 Å². The molecule has 0 spiro atoms. The number of esters is 2. The van der Waals surface area contributed by atoms with E-state index in [4.69, 9.17) is 9.47 Å². The first-order chi connectivity index (χ1) is 13.8. The van der Waals surface area contributed by atoms with Crippen LogP contribution in [-0.2, 0) is 19.1 Å². The second-order valence-electron chi connectivity index (χ2n) is 6.79. The van der Waals surface area contributed by atoms with Gasteiger partial charge in [-0.3, -0.25) is 9.59 Å². The van der Waals surface area contributed by atoms with Crippen LogP contribution in [0.4, 0.5) is 0 Å². The Morgan fingerprint density at radius 2 is 1.72 bits per heavy atom. The maximum atomic E-state index is 12.4. The average molecular weight is 400 g/mol. The third-order valence-corrected chi connectivity index (χ3v) is 4.46. The zero-order chi connectivity index (χ0) is 21.4. The number of hydrogen-bond acceptors (Lipinski definition) is 5. The normalized spacial score (nSPS) is 10.5. The van der Waals surface area contributed by atoms with Crippen molar-refractivity contribution in [1.29, 1.82) is 0 Å². The van der Waals surface area contributed by atoms with Crippen molar-refractivity contribution in [3.8, 4) is 5.69 Å². The first-order valence-electron chi connectivity index (χ1n) is 9.69. The first-order valence-corrected chi connectivity index (χ1v) is 9.69. The Morgan fingerprint density at radius 3 is 2.38 bits per heavy atom. The molecule has 2 rings (SSSR count). The van der Waals surface area contributed by atoms with Gasteiger partial charge in [-0.15, -0.1) is 0 Å². The van der Waals surface area contributed by atoms with Crippen molar-refractivity contribution in [2.24, 2.45) is 0 Å². The summed E-state index contributed by atoms with van der Waals surface area (Å²) in [6, 6.07) is 9.77. The third kappa shape index (κ3) is 6.20. The SMILES string of the molecule is CCOC(=O)CCCNC(=O)COC(=O)c1cc(C)n(-c2ccc(C)cc2)c1C. The molecule has 7 nitrogen and oxygen atoms in total. The summed E-state index contributed by atoms with van der Waals surface area (Å²) < 4.78 is 11.9. The molecule has 0 unspecified atom stereocenters. The molecule has 29 heavy (non-hydrogen) atoms. The quantitative estimate of drug-likeness (QED) is 0.516. The van der Waals surface area contributed by atoms with Gasteiger partial charge in [0.15, 0.2) is 6.61 Å². The fourth-order valence-corrected chi connectivity index (χ4v) is 3.01. The maximum absolute atomic E-state index is 12.4. The lowest BCUT2D eigenvalue weighted by Gasteiger charge is -2.10. The Balaban J connectivity index is 1.88. The minimum absolute atomic E-state index is 0.235. The number of ether oxygens (including phenoxy) is 2. The summed E-state index contributed by atoms with van der Waals surface area (Å²) in [7, 11) is 0. The number of aromatic nitrogens is 1. The number of nitrogens with zero attached hydrogens (tertiary/aromatic N) is 1. The van der Waals surface area contributed by atoms with Gasteiger partial charge < -0.3 is 19.4 Å². The fourth-order valence-electron chi connectivity index (χ4n) is 3.01. The largest absolute Gasteiger partial charge is 0.466 e. The summed E-state index contributed by atoms with van der Waals surface area (Å²) >= 11 is 0. The number of rotatable bonds is 9. The molecule has 0 radical (unpaired) electrons. The van der Waals surface area contributed by atoms with Crippen LogP contribution in [0.3, 0.4) is 0 Å². The van der Waals surface area contributed by atoms with Gasteiger partial charge in [0.1, 0.15) is 0 Å². The monoisotopic (exact) mass is 400 g/mol. The zero-order valence-electron chi connectivity index (χ0n) is 17.4. The van der Waals surface area contributed by atoms with E-state index in [1.165, 1.54) is 0 Å². The highest BCUT2D eigenvalue weighted by atomic mass is 16.5. The molecule has 0 saturated heterocycles. The Labute approximate surface area is 171 Å². The van der Waals surface area contributed by atoms with Crippen LogP contribution in [-0.4, -0.2) is 42.2 Å². The standard InChI is InChI=1S/C22H28N2O5/c1-5-28-21(26)7-6-12-23-20(25)14-29-22(27)19-13-16(3)24(17(19)4)18-10-8-15(2)9-11-18/h8-11,13H,5-7,12,14H2,1-4H3,(H,23,25). The summed E-state index contributed by atoms with van der Waals surface area (Å²) in [5.41, 5.74) is 4.21. The van der Waals surface area contributed by atoms with E-state index in [1.807, 2.05) is 49.6 Å². The zero-order valence-corrected chi connectivity index (χ0v) is 17.4. The minimum Gasteiger partial charge on any atom is -0.466 e. The third-order valence-electron chi connectivity index (χ3n) is 4.46. The molecular weight excluding hydrogens is 372 g/mol. The number of aryl methyl sites for hydroxylation is 2. The van der Waals surface area contributed by atoms with Gasteiger partial charge >= 0.3 is 11.9 Å². The lowest BCUT2D eigenvalue weighted by atomic mass is 10.2. The highest BCUT2D eigenvalue weighted by Crippen LogP contribution is 2.21. The van der Waals surface area contributed by atoms with Gasteiger partial charge in [-0.25, -0.2) is 4.79 Å². The topological polar surface area (TPSA) is 86.6 Å². The molecule has 1 N–H and O–H groups in total. The minimum atomic E-state index is -0.543. The molecule has 0 saturated carbocycles. The summed E-state index contributed by atoms with van der Waals surface area (Å²) in [6.45, 7) is 7.81. The van der Waals surface area contributed by atoms with Crippen LogP contribution in [0.2, 0.25) is 0 Å². The number of carbonyl (C=O) groups excluding carboxylic acids is 3. The molecule has 156 valence electrons. The second kappa shape index (κ2) is 10.5. The van der Waals surface area contributed by atoms with Crippen molar-refractivity contribution in [2.45, 2.75) is 40.5 Å². The van der Waals surface area contributed by atoms with Gasteiger partial charge in [-0.1, -0.05) is 17.7 Å². The summed E-state index contributed by atoms with van der Waals surface area (Å²) in [6.07, 6.45) is 0.704. The molecule has 0 aliphatic rings. The molecule has 1 heterocycles. The second-order valence-corrected chi connectivity index (χ2v) is 6.79. The molecule has 0 atom stereocenters. The van der Waals surface area contributed by atoms with Crippen molar-refractivity contribution in [2.75, 3.05) is 19.8 Å². The molecule has 0 bridgehead atoms. The van der Waals surface area contributed by atoms with E-state index >= 15 is 0 Å². The highest BCUT2D eigenvalue weighted by Gasteiger charge is 2.18. The maximum Gasteiger partial charge on any atom is 0.340 e. The van der Waals surface area contributed by atoms with Crippen molar-refractivity contribution < 1.29 is 23.9 Å². The van der Waals surface area contributed by atoms with Crippen molar-refractivity contribution in [3.05, 3.63) is 52.8 Å². The molecule has 0 fully saturated rings. The van der Waals surface area contributed by atoms with E-state index in [-0.39, 0.29) is 19.0 Å². The molecular formula is C22H28N2O5. The van der Waals surface area contributed by atoms with E-state index in [1.54, 1.807) is 13.0 Å². The fraction of sp³-hybridized carbons (Fsp3) is 0.409. The van der Waals surface area contributed by atoms with Gasteiger partial charge in [0.05, 0.1) is 12.2 Å². The van der Waals surface area contributed by atoms with Crippen LogP contribution < -0.4 is 5.32 Å². The Bertz CT molecular complexity index is 868. The van der Waals surface area contributed by atoms with Crippen LogP contribution in [0.15, 0.2) is 30.3 Å². The Hall–Kier alpha value is -3.09. The first kappa shape index (κ1) is 22.2. The number of carbonyl (C=O) groups is 3. The highest BCUT2D eigenvalue weighted by molar-refractivity contribution is 5.93. The number of amides is 1. The summed E-state index contributed by atoms with van der Waals surface area (Å²) in [4.78, 5) is 35.5. The lowest BCUT2D eigenvalue weighted by molar-refractivity contribution is -0.143. The van der Waals surface area contributed by atoms with Crippen LogP contribution in [0.25, 0.3) is 5.69 Å². The number of hydrogen-bond donors (Lipinski definition) is 1. The molecule has 1 amide bonds. The van der Waals surface area contributed by atoms with Crippen LogP contribution in [0, 0.1) is 20.8 Å². The van der Waals surface area contributed by atoms with E-state index in [9.17, 15) is 14.4 Å². The van der Waals surface area contributed by atoms with E-state index < -0.39 is 11.9 Å². The molecule has 0 aliphatic heterocycles. The molecule has 0 aliphatic carbocycles. The number of benzene rings is 1. The summed E-state index contributed by atoms with van der Waals surface area (Å²) in [5.74, 6) is -1.25. The van der Waals surface area contributed by atoms with Gasteiger partial charge in [0.25, 0.3) is 5.91 Å². The molecule has 7 heteroatoms. The van der Waals surface area contributed by atoms with Crippen molar-refractivity contribution in [1.82, 2.24) is 9.88 Å². The van der Waals surface area contributed by atoms with Gasteiger partial charge in [0, 0.05) is 30.0 Å². The van der Waals surface area contributed by atoms with E-state index in [0.717, 1.165) is 22.6 Å². The van der Waals surface area contributed by atoms with Gasteiger partial charge in [0.2, 0.25) is 0 Å². The molecule has 2 aromatic rings. The molecule has 1 aromatic heterocycles. The average Bonchev–Trinajstić information content (AvgIpc) is 2.98. The predicted molar refractivity (Wildman–Crippen MR) is 109 cm³/mol. The lowest BCUT2D eigenvalue weighted by Crippen LogP contribution is -2.30. The summed E-state index contributed by atoms with van der Waals surface area (Å²) in [5, 5.41) is 2.62. The smallest absolute Gasteiger partial charge is 0.340 e. The van der Waals surface area contributed by atoms with Crippen LogP contribution in [0.5, 0.6) is 0 Å². The van der Waals surface area contributed by atoms with E-state index in [2.05, 4.69) is 5.32 Å².